The molecule has 1 aliphatic heterocycles. The molecule has 4 bridgehead atoms. The van der Waals surface area contributed by atoms with E-state index in [-0.39, 0.29) is 24.4 Å². The zero-order valence-corrected chi connectivity index (χ0v) is 15.4. The van der Waals surface area contributed by atoms with E-state index in [0.29, 0.717) is 5.75 Å². The third-order valence-electron chi connectivity index (χ3n) is 6.35. The largest absolute Gasteiger partial charge is 0.497 e. The molecule has 2 aliphatic carbocycles. The van der Waals surface area contributed by atoms with Crippen molar-refractivity contribution in [1.82, 2.24) is 0 Å². The summed E-state index contributed by atoms with van der Waals surface area (Å²) >= 11 is 0. The van der Waals surface area contributed by atoms with Crippen molar-refractivity contribution in [2.75, 3.05) is 21.3 Å². The number of benzene rings is 1. The summed E-state index contributed by atoms with van der Waals surface area (Å²) in [6.07, 6.45) is 3.60. The average Bonchev–Trinajstić information content (AvgIpc) is 2.83. The molecule has 6 nitrogen and oxygen atoms in total. The van der Waals surface area contributed by atoms with Gasteiger partial charge >= 0.3 is 11.9 Å². The second-order valence-electron chi connectivity index (χ2n) is 7.40. The Labute approximate surface area is 152 Å². The van der Waals surface area contributed by atoms with Gasteiger partial charge in [0, 0.05) is 24.0 Å². The average molecular weight is 360 g/mol. The van der Waals surface area contributed by atoms with Gasteiger partial charge in [-0.3, -0.25) is 9.59 Å². The number of ether oxygens (including phenoxy) is 4. The van der Waals surface area contributed by atoms with Crippen LogP contribution in [0.4, 0.5) is 0 Å². The number of fused-ring (bicyclic) bond motifs is 1. The Kier molecular flexibility index (Phi) is 4.09. The predicted octanol–water partition coefficient (Wildman–Crippen LogP) is 2.62. The molecule has 0 spiro atoms. The molecule has 2 fully saturated rings. The topological polar surface area (TPSA) is 71.1 Å². The first-order chi connectivity index (χ1) is 12.6. The van der Waals surface area contributed by atoms with Gasteiger partial charge in [-0.25, -0.2) is 0 Å². The number of rotatable bonds is 3. The molecule has 1 aromatic rings. The summed E-state index contributed by atoms with van der Waals surface area (Å²) < 4.78 is 22.0. The first-order valence-electron chi connectivity index (χ1n) is 9.11. The van der Waals surface area contributed by atoms with E-state index in [9.17, 15) is 9.59 Å². The van der Waals surface area contributed by atoms with E-state index in [0.717, 1.165) is 42.6 Å². The molecule has 6 heteroatoms. The lowest BCUT2D eigenvalue weighted by molar-refractivity contribution is -0.194. The summed E-state index contributed by atoms with van der Waals surface area (Å²) in [7, 11) is 4.56. The Morgan fingerprint density at radius 2 is 1.92 bits per heavy atom. The quantitative estimate of drug-likeness (QED) is 0.610. The lowest BCUT2D eigenvalue weighted by Gasteiger charge is -2.51. The van der Waals surface area contributed by atoms with Crippen LogP contribution in [-0.2, 0) is 25.5 Å². The van der Waals surface area contributed by atoms with Crippen LogP contribution in [-0.4, -0.2) is 39.4 Å². The maximum atomic E-state index is 13.0. The minimum atomic E-state index is -1.27. The van der Waals surface area contributed by atoms with Crippen LogP contribution in [0.5, 0.6) is 11.5 Å². The summed E-state index contributed by atoms with van der Waals surface area (Å²) in [5.74, 6) is 0.266. The maximum absolute atomic E-state index is 13.0. The Morgan fingerprint density at radius 1 is 1.15 bits per heavy atom. The number of methoxy groups -OCH3 is 3. The normalized spacial score (nSPS) is 32.0. The maximum Gasteiger partial charge on any atom is 0.324 e. The number of hydrogen-bond donors (Lipinski definition) is 0. The fourth-order valence-corrected chi connectivity index (χ4v) is 5.25. The highest BCUT2D eigenvalue weighted by Gasteiger charge is 2.65. The Hall–Kier alpha value is -2.24. The third kappa shape index (κ3) is 2.17. The predicted molar refractivity (Wildman–Crippen MR) is 92.3 cm³/mol. The van der Waals surface area contributed by atoms with Gasteiger partial charge < -0.3 is 18.9 Å². The third-order valence-corrected chi connectivity index (χ3v) is 6.35. The monoisotopic (exact) mass is 360 g/mol. The summed E-state index contributed by atoms with van der Waals surface area (Å²) in [6.45, 7) is 0. The zero-order valence-electron chi connectivity index (χ0n) is 15.4. The first kappa shape index (κ1) is 17.2. The molecule has 26 heavy (non-hydrogen) atoms. The minimum absolute atomic E-state index is 0.0566. The second-order valence-corrected chi connectivity index (χ2v) is 7.40. The van der Waals surface area contributed by atoms with Crippen molar-refractivity contribution in [2.45, 2.75) is 44.1 Å². The molecule has 4 rings (SSSR count). The molecule has 0 amide bonds. The van der Waals surface area contributed by atoms with E-state index in [1.54, 1.807) is 14.2 Å². The SMILES string of the molecule is COC(=O)[C@]12Cc3cc(OC)cc(OC)c3[C@H]3[C@H](CCCC[C@H]31)OC2=O. The molecule has 1 saturated heterocycles. The molecule has 140 valence electrons. The second kappa shape index (κ2) is 6.18. The molecule has 0 aromatic heterocycles. The Balaban J connectivity index is 1.98. The lowest BCUT2D eigenvalue weighted by atomic mass is 9.56. The first-order valence-corrected chi connectivity index (χ1v) is 9.11. The molecule has 1 heterocycles. The Bertz CT molecular complexity index is 757. The van der Waals surface area contributed by atoms with E-state index in [1.807, 2.05) is 12.1 Å². The molecule has 1 aromatic carbocycles. The van der Waals surface area contributed by atoms with Crippen molar-refractivity contribution < 1.29 is 28.5 Å². The summed E-state index contributed by atoms with van der Waals surface area (Å²) in [5.41, 5.74) is 0.693. The van der Waals surface area contributed by atoms with Crippen LogP contribution >= 0.6 is 0 Å². The van der Waals surface area contributed by atoms with Crippen molar-refractivity contribution in [1.29, 1.82) is 0 Å². The summed E-state index contributed by atoms with van der Waals surface area (Å²) in [5, 5.41) is 0. The van der Waals surface area contributed by atoms with Gasteiger partial charge in [-0.05, 0) is 36.8 Å². The van der Waals surface area contributed by atoms with Crippen molar-refractivity contribution in [3.05, 3.63) is 23.3 Å². The lowest BCUT2D eigenvalue weighted by Crippen LogP contribution is -2.59. The number of carbonyl (C=O) groups excluding carboxylic acids is 2. The van der Waals surface area contributed by atoms with Crippen LogP contribution in [0.15, 0.2) is 12.1 Å². The van der Waals surface area contributed by atoms with E-state index in [4.69, 9.17) is 18.9 Å². The van der Waals surface area contributed by atoms with Crippen LogP contribution in [0.2, 0.25) is 0 Å². The van der Waals surface area contributed by atoms with Gasteiger partial charge in [-0.1, -0.05) is 6.42 Å². The van der Waals surface area contributed by atoms with Crippen molar-refractivity contribution in [3.63, 3.8) is 0 Å². The molecule has 0 unspecified atom stereocenters. The van der Waals surface area contributed by atoms with Crippen LogP contribution in [0.1, 0.15) is 42.7 Å². The summed E-state index contributed by atoms with van der Waals surface area (Å²) in [4.78, 5) is 25.9. The highest BCUT2D eigenvalue weighted by atomic mass is 16.6. The van der Waals surface area contributed by atoms with Gasteiger partial charge in [0.15, 0.2) is 5.41 Å². The highest BCUT2D eigenvalue weighted by molar-refractivity contribution is 6.02. The number of carbonyl (C=O) groups is 2. The molecular formula is C20H24O6. The highest BCUT2D eigenvalue weighted by Crippen LogP contribution is 2.59. The van der Waals surface area contributed by atoms with Gasteiger partial charge in [0.1, 0.15) is 17.6 Å². The molecule has 4 atom stereocenters. The van der Waals surface area contributed by atoms with Crippen molar-refractivity contribution in [3.8, 4) is 11.5 Å². The number of esters is 2. The minimum Gasteiger partial charge on any atom is -0.497 e. The molecule has 1 saturated carbocycles. The fourth-order valence-electron chi connectivity index (χ4n) is 5.25. The molecular weight excluding hydrogens is 336 g/mol. The fraction of sp³-hybridized carbons (Fsp3) is 0.600. The number of hydrogen-bond acceptors (Lipinski definition) is 6. The van der Waals surface area contributed by atoms with E-state index in [1.165, 1.54) is 7.11 Å². The van der Waals surface area contributed by atoms with E-state index < -0.39 is 17.4 Å². The Morgan fingerprint density at radius 3 is 2.62 bits per heavy atom. The van der Waals surface area contributed by atoms with Crippen LogP contribution in [0, 0.1) is 11.3 Å². The van der Waals surface area contributed by atoms with Gasteiger partial charge in [-0.15, -0.1) is 0 Å². The van der Waals surface area contributed by atoms with Gasteiger partial charge in [-0.2, -0.15) is 0 Å². The van der Waals surface area contributed by atoms with Crippen LogP contribution in [0.25, 0.3) is 0 Å². The molecule has 3 aliphatic rings. The van der Waals surface area contributed by atoms with Gasteiger partial charge in [0.2, 0.25) is 0 Å². The molecule has 0 radical (unpaired) electrons. The van der Waals surface area contributed by atoms with Crippen molar-refractivity contribution in [2.24, 2.45) is 11.3 Å². The molecule has 0 N–H and O–H groups in total. The van der Waals surface area contributed by atoms with E-state index in [2.05, 4.69) is 0 Å². The van der Waals surface area contributed by atoms with Crippen molar-refractivity contribution >= 4 is 11.9 Å². The van der Waals surface area contributed by atoms with Gasteiger partial charge in [0.25, 0.3) is 0 Å². The smallest absolute Gasteiger partial charge is 0.324 e. The van der Waals surface area contributed by atoms with E-state index >= 15 is 0 Å². The summed E-state index contributed by atoms with van der Waals surface area (Å²) in [6, 6.07) is 3.78. The van der Waals surface area contributed by atoms with Crippen LogP contribution in [0.3, 0.4) is 0 Å². The zero-order chi connectivity index (χ0) is 18.5. The van der Waals surface area contributed by atoms with Crippen LogP contribution < -0.4 is 9.47 Å². The standard InChI is InChI=1S/C20H24O6/c1-23-12-8-11-10-20(18(21)25-3)13-6-4-5-7-14(26-19(20)22)17(13)16(11)15(9-12)24-2/h8-9,13-14,17H,4-7,10H2,1-3H3/t13-,14+,17-,20+/m1/s1. The van der Waals surface area contributed by atoms with Gasteiger partial charge in [0.05, 0.1) is 21.3 Å².